The molecule has 1 aliphatic heterocycles. The highest BCUT2D eigenvalue weighted by Gasteiger charge is 2.38. The standard InChI is InChI=1S/C19H14ClN5O3/c1-28-18(27)16-14(17(26)12-5-3-2-4-6-12)15(11-7-9-13(20)10-8-11)21-19-22-23-24-25(16)19/h2-10,15H,1H3,(H,21,22,24)/t15-/m0/s1. The van der Waals surface area contributed by atoms with Gasteiger partial charge in [0.2, 0.25) is 5.95 Å². The Balaban J connectivity index is 1.96. The van der Waals surface area contributed by atoms with E-state index in [4.69, 9.17) is 16.3 Å². The van der Waals surface area contributed by atoms with Crippen molar-refractivity contribution in [2.75, 3.05) is 12.4 Å². The molecule has 2 aromatic carbocycles. The summed E-state index contributed by atoms with van der Waals surface area (Å²) in [7, 11) is 1.24. The summed E-state index contributed by atoms with van der Waals surface area (Å²) in [6.45, 7) is 0. The summed E-state index contributed by atoms with van der Waals surface area (Å²) in [6, 6.07) is 15.0. The lowest BCUT2D eigenvalue weighted by Crippen LogP contribution is -2.31. The number of tetrazole rings is 1. The van der Waals surface area contributed by atoms with Crippen LogP contribution < -0.4 is 5.32 Å². The number of nitrogens with zero attached hydrogens (tertiary/aromatic N) is 4. The highest BCUT2D eigenvalue weighted by molar-refractivity contribution is 6.30. The van der Waals surface area contributed by atoms with Crippen LogP contribution in [0.5, 0.6) is 0 Å². The summed E-state index contributed by atoms with van der Waals surface area (Å²) in [5.74, 6) is -0.826. The Morgan fingerprint density at radius 3 is 2.50 bits per heavy atom. The third kappa shape index (κ3) is 3.03. The molecule has 0 bridgehead atoms. The third-order valence-corrected chi connectivity index (χ3v) is 4.61. The van der Waals surface area contributed by atoms with Gasteiger partial charge in [0.1, 0.15) is 0 Å². The van der Waals surface area contributed by atoms with Crippen molar-refractivity contribution in [1.82, 2.24) is 20.2 Å². The molecule has 1 aromatic heterocycles. The van der Waals surface area contributed by atoms with Gasteiger partial charge in [0, 0.05) is 10.6 Å². The number of hydrogen-bond acceptors (Lipinski definition) is 7. The van der Waals surface area contributed by atoms with Crippen LogP contribution in [0.15, 0.2) is 60.2 Å². The number of aromatic nitrogens is 4. The molecule has 1 atom stereocenters. The predicted molar refractivity (Wildman–Crippen MR) is 102 cm³/mol. The fourth-order valence-electron chi connectivity index (χ4n) is 3.06. The first kappa shape index (κ1) is 17.9. The van der Waals surface area contributed by atoms with Crippen LogP contribution in [0.4, 0.5) is 5.95 Å². The van der Waals surface area contributed by atoms with E-state index in [1.165, 1.54) is 11.8 Å². The van der Waals surface area contributed by atoms with Gasteiger partial charge >= 0.3 is 5.97 Å². The van der Waals surface area contributed by atoms with E-state index >= 15 is 0 Å². The lowest BCUT2D eigenvalue weighted by atomic mass is 9.89. The van der Waals surface area contributed by atoms with Crippen molar-refractivity contribution in [3.8, 4) is 0 Å². The molecule has 1 aliphatic rings. The number of anilines is 1. The number of esters is 1. The molecule has 9 heteroatoms. The molecule has 140 valence electrons. The molecule has 28 heavy (non-hydrogen) atoms. The van der Waals surface area contributed by atoms with Crippen LogP contribution in [0.25, 0.3) is 5.70 Å². The molecule has 0 spiro atoms. The zero-order valence-corrected chi connectivity index (χ0v) is 15.4. The van der Waals surface area contributed by atoms with Crippen molar-refractivity contribution in [2.45, 2.75) is 6.04 Å². The quantitative estimate of drug-likeness (QED) is 0.535. The zero-order valence-electron chi connectivity index (χ0n) is 14.7. The largest absolute Gasteiger partial charge is 0.464 e. The number of fused-ring (bicyclic) bond motifs is 1. The number of ether oxygens (including phenoxy) is 1. The van der Waals surface area contributed by atoms with Gasteiger partial charge in [-0.25, -0.2) is 4.79 Å². The molecular weight excluding hydrogens is 382 g/mol. The number of carbonyl (C=O) groups is 2. The Labute approximate surface area is 164 Å². The van der Waals surface area contributed by atoms with Crippen LogP contribution in [0.3, 0.4) is 0 Å². The van der Waals surface area contributed by atoms with E-state index in [1.54, 1.807) is 48.5 Å². The normalized spacial score (nSPS) is 15.6. The van der Waals surface area contributed by atoms with E-state index in [1.807, 2.05) is 6.07 Å². The van der Waals surface area contributed by atoms with Gasteiger partial charge < -0.3 is 10.1 Å². The Hall–Kier alpha value is -3.52. The number of ketones is 1. The maximum Gasteiger partial charge on any atom is 0.357 e. The van der Waals surface area contributed by atoms with Gasteiger partial charge in [0.15, 0.2) is 11.5 Å². The first-order chi connectivity index (χ1) is 13.6. The van der Waals surface area contributed by atoms with E-state index in [9.17, 15) is 9.59 Å². The second-order valence-corrected chi connectivity index (χ2v) is 6.43. The van der Waals surface area contributed by atoms with E-state index in [2.05, 4.69) is 20.8 Å². The molecule has 0 aliphatic carbocycles. The molecule has 0 saturated carbocycles. The fourth-order valence-corrected chi connectivity index (χ4v) is 3.19. The Kier molecular flexibility index (Phi) is 4.62. The van der Waals surface area contributed by atoms with E-state index in [0.717, 1.165) is 5.56 Å². The predicted octanol–water partition coefficient (Wildman–Crippen LogP) is 2.76. The summed E-state index contributed by atoms with van der Waals surface area (Å²) in [4.78, 5) is 26.0. The second kappa shape index (κ2) is 7.24. The smallest absolute Gasteiger partial charge is 0.357 e. The maximum atomic E-state index is 13.4. The number of rotatable bonds is 4. The molecule has 0 saturated heterocycles. The summed E-state index contributed by atoms with van der Waals surface area (Å²) in [5, 5.41) is 15.0. The number of carbonyl (C=O) groups excluding carboxylic acids is 2. The minimum atomic E-state index is -0.715. The van der Waals surface area contributed by atoms with Crippen molar-refractivity contribution >= 4 is 35.0 Å². The van der Waals surface area contributed by atoms with Gasteiger partial charge in [0.25, 0.3) is 0 Å². The number of Topliss-reactive ketones (excluding diaryl/α,β-unsaturated/α-hetero) is 1. The van der Waals surface area contributed by atoms with Crippen molar-refractivity contribution < 1.29 is 14.3 Å². The number of methoxy groups -OCH3 is 1. The van der Waals surface area contributed by atoms with Crippen molar-refractivity contribution in [1.29, 1.82) is 0 Å². The topological polar surface area (TPSA) is 99.0 Å². The Morgan fingerprint density at radius 1 is 1.11 bits per heavy atom. The van der Waals surface area contributed by atoms with Crippen molar-refractivity contribution in [3.63, 3.8) is 0 Å². The van der Waals surface area contributed by atoms with Crippen LogP contribution in [-0.4, -0.2) is 39.1 Å². The van der Waals surface area contributed by atoms with E-state index in [0.29, 0.717) is 10.6 Å². The molecule has 3 aromatic rings. The summed E-state index contributed by atoms with van der Waals surface area (Å²) in [5.41, 5.74) is 1.30. The Bertz CT molecular complexity index is 1080. The number of halogens is 1. The van der Waals surface area contributed by atoms with Gasteiger partial charge in [-0.05, 0) is 28.1 Å². The number of benzene rings is 2. The fraction of sp³-hybridized carbons (Fsp3) is 0.105. The van der Waals surface area contributed by atoms with Crippen LogP contribution in [0.2, 0.25) is 5.02 Å². The first-order valence-electron chi connectivity index (χ1n) is 8.33. The molecule has 1 N–H and O–H groups in total. The van der Waals surface area contributed by atoms with Gasteiger partial charge in [-0.15, -0.1) is 0 Å². The number of nitrogens with one attached hydrogen (secondary N) is 1. The van der Waals surface area contributed by atoms with Crippen LogP contribution in [-0.2, 0) is 9.53 Å². The highest BCUT2D eigenvalue weighted by atomic mass is 35.5. The van der Waals surface area contributed by atoms with Gasteiger partial charge in [-0.3, -0.25) is 4.79 Å². The third-order valence-electron chi connectivity index (χ3n) is 4.36. The highest BCUT2D eigenvalue weighted by Crippen LogP contribution is 2.37. The van der Waals surface area contributed by atoms with Crippen LogP contribution in [0.1, 0.15) is 22.0 Å². The maximum absolute atomic E-state index is 13.4. The van der Waals surface area contributed by atoms with Gasteiger partial charge in [0.05, 0.1) is 18.7 Å². The van der Waals surface area contributed by atoms with Gasteiger partial charge in [-0.2, -0.15) is 4.68 Å². The van der Waals surface area contributed by atoms with Crippen LogP contribution >= 0.6 is 11.6 Å². The lowest BCUT2D eigenvalue weighted by molar-refractivity contribution is -0.134. The second-order valence-electron chi connectivity index (χ2n) is 5.99. The first-order valence-corrected chi connectivity index (χ1v) is 8.71. The van der Waals surface area contributed by atoms with Gasteiger partial charge in [-0.1, -0.05) is 59.2 Å². The molecule has 0 radical (unpaired) electrons. The molecule has 0 fully saturated rings. The van der Waals surface area contributed by atoms with Crippen LogP contribution in [0, 0.1) is 0 Å². The molecular formula is C19H14ClN5O3. The summed E-state index contributed by atoms with van der Waals surface area (Å²) < 4.78 is 6.10. The SMILES string of the molecule is COC(=O)C1=C(C(=O)c2ccccc2)[C@H](c2ccc(Cl)cc2)Nc2nnnn21. The van der Waals surface area contributed by atoms with E-state index < -0.39 is 12.0 Å². The summed E-state index contributed by atoms with van der Waals surface area (Å²) >= 11 is 6.00. The van der Waals surface area contributed by atoms with Crippen molar-refractivity contribution in [3.05, 3.63) is 76.3 Å². The lowest BCUT2D eigenvalue weighted by Gasteiger charge is -2.28. The molecule has 0 amide bonds. The average molecular weight is 396 g/mol. The van der Waals surface area contributed by atoms with E-state index in [-0.39, 0.29) is 23.0 Å². The van der Waals surface area contributed by atoms with Crippen molar-refractivity contribution in [2.24, 2.45) is 0 Å². The molecule has 4 rings (SSSR count). The minimum absolute atomic E-state index is 0.0324. The Morgan fingerprint density at radius 2 is 1.82 bits per heavy atom. The zero-order chi connectivity index (χ0) is 19.7. The molecule has 8 nitrogen and oxygen atoms in total. The molecule has 0 unspecified atom stereocenters. The number of hydrogen-bond donors (Lipinski definition) is 1. The minimum Gasteiger partial charge on any atom is -0.464 e. The summed E-state index contributed by atoms with van der Waals surface area (Å²) in [6.07, 6.45) is 0. The molecule has 2 heterocycles. The average Bonchev–Trinajstić information content (AvgIpc) is 3.21. The monoisotopic (exact) mass is 395 g/mol.